The minimum atomic E-state index is -0.351. The zero-order valence-corrected chi connectivity index (χ0v) is 11.4. The standard InChI is InChI=1S/C16H22O2/c1-4-5-6-7-10-14-11-8-9-12-15(14)18-16(17)13(2)3/h8-9,11-12H,2,4-7,10H2,1,3H3. The molecule has 98 valence electrons. The van der Waals surface area contributed by atoms with Crippen LogP contribution < -0.4 is 4.74 Å². The van der Waals surface area contributed by atoms with Crippen molar-refractivity contribution in [1.29, 1.82) is 0 Å². The Morgan fingerprint density at radius 3 is 2.61 bits per heavy atom. The van der Waals surface area contributed by atoms with Gasteiger partial charge in [-0.3, -0.25) is 0 Å². The molecule has 1 rings (SSSR count). The molecule has 0 heterocycles. The molecule has 0 bridgehead atoms. The maximum absolute atomic E-state index is 11.5. The van der Waals surface area contributed by atoms with Gasteiger partial charge in [-0.25, -0.2) is 4.79 Å². The first-order chi connectivity index (χ1) is 8.65. The van der Waals surface area contributed by atoms with Crippen LogP contribution in [0.5, 0.6) is 5.75 Å². The third-order valence-corrected chi connectivity index (χ3v) is 2.82. The van der Waals surface area contributed by atoms with Gasteiger partial charge in [-0.15, -0.1) is 0 Å². The van der Waals surface area contributed by atoms with E-state index in [1.807, 2.05) is 24.3 Å². The zero-order valence-electron chi connectivity index (χ0n) is 11.4. The maximum Gasteiger partial charge on any atom is 0.338 e. The summed E-state index contributed by atoms with van der Waals surface area (Å²) in [5.41, 5.74) is 1.53. The van der Waals surface area contributed by atoms with Gasteiger partial charge in [0.1, 0.15) is 5.75 Å². The average molecular weight is 246 g/mol. The molecular formula is C16H22O2. The van der Waals surface area contributed by atoms with Gasteiger partial charge in [-0.2, -0.15) is 0 Å². The molecule has 0 radical (unpaired) electrons. The normalized spacial score (nSPS) is 10.1. The molecule has 0 fully saturated rings. The lowest BCUT2D eigenvalue weighted by atomic mass is 10.1. The summed E-state index contributed by atoms with van der Waals surface area (Å²) in [5, 5.41) is 0. The molecule has 18 heavy (non-hydrogen) atoms. The fourth-order valence-corrected chi connectivity index (χ4v) is 1.74. The number of carbonyl (C=O) groups excluding carboxylic acids is 1. The van der Waals surface area contributed by atoms with Crippen LogP contribution >= 0.6 is 0 Å². The monoisotopic (exact) mass is 246 g/mol. The number of aryl methyl sites for hydroxylation is 1. The molecule has 0 N–H and O–H groups in total. The van der Waals surface area contributed by atoms with E-state index in [-0.39, 0.29) is 5.97 Å². The molecule has 0 atom stereocenters. The molecule has 2 heteroatoms. The second-order valence-corrected chi connectivity index (χ2v) is 4.59. The highest BCUT2D eigenvalue weighted by molar-refractivity contribution is 5.88. The van der Waals surface area contributed by atoms with Crippen LogP contribution in [0, 0.1) is 0 Å². The van der Waals surface area contributed by atoms with Crippen LogP contribution in [0.2, 0.25) is 0 Å². The molecule has 0 aliphatic heterocycles. The van der Waals surface area contributed by atoms with Crippen molar-refractivity contribution in [3.05, 3.63) is 42.0 Å². The molecule has 2 nitrogen and oxygen atoms in total. The van der Waals surface area contributed by atoms with Crippen molar-refractivity contribution < 1.29 is 9.53 Å². The number of esters is 1. The quantitative estimate of drug-likeness (QED) is 0.310. The molecule has 0 spiro atoms. The molecule has 0 aromatic heterocycles. The van der Waals surface area contributed by atoms with E-state index in [2.05, 4.69) is 13.5 Å². The van der Waals surface area contributed by atoms with Crippen molar-refractivity contribution in [2.45, 2.75) is 46.0 Å². The van der Waals surface area contributed by atoms with Gasteiger partial charge in [-0.05, 0) is 31.4 Å². The van der Waals surface area contributed by atoms with E-state index < -0.39 is 0 Å². The van der Waals surface area contributed by atoms with Gasteiger partial charge in [0.15, 0.2) is 0 Å². The van der Waals surface area contributed by atoms with E-state index in [0.29, 0.717) is 11.3 Å². The summed E-state index contributed by atoms with van der Waals surface area (Å²) in [5.74, 6) is 0.318. The lowest BCUT2D eigenvalue weighted by Gasteiger charge is -2.09. The Bertz CT molecular complexity index is 407. The van der Waals surface area contributed by atoms with Crippen molar-refractivity contribution in [3.8, 4) is 5.75 Å². The van der Waals surface area contributed by atoms with Crippen molar-refractivity contribution >= 4 is 5.97 Å². The van der Waals surface area contributed by atoms with E-state index >= 15 is 0 Å². The van der Waals surface area contributed by atoms with E-state index in [0.717, 1.165) is 18.4 Å². The molecule has 0 saturated carbocycles. The van der Waals surface area contributed by atoms with Crippen LogP contribution in [0.4, 0.5) is 0 Å². The van der Waals surface area contributed by atoms with Gasteiger partial charge >= 0.3 is 5.97 Å². The lowest BCUT2D eigenvalue weighted by Crippen LogP contribution is -2.09. The second-order valence-electron chi connectivity index (χ2n) is 4.59. The Balaban J connectivity index is 2.61. The summed E-state index contributed by atoms with van der Waals surface area (Å²) in [6, 6.07) is 7.73. The summed E-state index contributed by atoms with van der Waals surface area (Å²) in [6.45, 7) is 7.45. The van der Waals surface area contributed by atoms with Gasteiger partial charge in [0, 0.05) is 5.57 Å². The minimum absolute atomic E-state index is 0.351. The first-order valence-electron chi connectivity index (χ1n) is 6.60. The highest BCUT2D eigenvalue weighted by Crippen LogP contribution is 2.21. The Labute approximate surface area is 110 Å². The summed E-state index contributed by atoms with van der Waals surface area (Å²) in [6.07, 6.45) is 5.80. The number of carbonyl (C=O) groups is 1. The number of benzene rings is 1. The maximum atomic E-state index is 11.5. The first kappa shape index (κ1) is 14.5. The van der Waals surface area contributed by atoms with Crippen LogP contribution in [0.25, 0.3) is 0 Å². The van der Waals surface area contributed by atoms with Gasteiger partial charge < -0.3 is 4.74 Å². The highest BCUT2D eigenvalue weighted by atomic mass is 16.5. The van der Waals surface area contributed by atoms with E-state index in [4.69, 9.17) is 4.74 Å². The summed E-state index contributed by atoms with van der Waals surface area (Å²) >= 11 is 0. The van der Waals surface area contributed by atoms with E-state index in [1.54, 1.807) is 6.92 Å². The second kappa shape index (κ2) is 7.70. The predicted molar refractivity (Wildman–Crippen MR) is 74.7 cm³/mol. The van der Waals surface area contributed by atoms with Crippen molar-refractivity contribution in [2.24, 2.45) is 0 Å². The third-order valence-electron chi connectivity index (χ3n) is 2.82. The van der Waals surface area contributed by atoms with E-state index in [1.165, 1.54) is 19.3 Å². The number of hydrogen-bond acceptors (Lipinski definition) is 2. The summed E-state index contributed by atoms with van der Waals surface area (Å²) < 4.78 is 5.33. The van der Waals surface area contributed by atoms with Gasteiger partial charge in [0.25, 0.3) is 0 Å². The molecule has 1 aromatic rings. The average Bonchev–Trinajstić information content (AvgIpc) is 2.36. The van der Waals surface area contributed by atoms with Crippen molar-refractivity contribution in [3.63, 3.8) is 0 Å². The van der Waals surface area contributed by atoms with Gasteiger partial charge in [0.05, 0.1) is 0 Å². The molecular weight excluding hydrogens is 224 g/mol. The van der Waals surface area contributed by atoms with Crippen molar-refractivity contribution in [1.82, 2.24) is 0 Å². The van der Waals surface area contributed by atoms with Crippen LogP contribution in [0.3, 0.4) is 0 Å². The number of unbranched alkanes of at least 4 members (excludes halogenated alkanes) is 3. The molecule has 0 aliphatic carbocycles. The number of para-hydroxylation sites is 1. The molecule has 0 aliphatic rings. The Morgan fingerprint density at radius 1 is 1.22 bits per heavy atom. The highest BCUT2D eigenvalue weighted by Gasteiger charge is 2.08. The Hall–Kier alpha value is -1.57. The van der Waals surface area contributed by atoms with Crippen molar-refractivity contribution in [2.75, 3.05) is 0 Å². The molecule has 0 saturated heterocycles. The SMILES string of the molecule is C=C(C)C(=O)Oc1ccccc1CCCCCC. The van der Waals surface area contributed by atoms with Gasteiger partial charge in [0.2, 0.25) is 0 Å². The van der Waals surface area contributed by atoms with Crippen LogP contribution in [0.15, 0.2) is 36.4 Å². The fraction of sp³-hybridized carbons (Fsp3) is 0.438. The lowest BCUT2D eigenvalue weighted by molar-refractivity contribution is -0.130. The molecule has 0 unspecified atom stereocenters. The Kier molecular flexibility index (Phi) is 6.20. The number of ether oxygens (including phenoxy) is 1. The van der Waals surface area contributed by atoms with Crippen LogP contribution in [-0.4, -0.2) is 5.97 Å². The summed E-state index contributed by atoms with van der Waals surface area (Å²) in [4.78, 5) is 11.5. The minimum Gasteiger partial charge on any atom is -0.423 e. The van der Waals surface area contributed by atoms with E-state index in [9.17, 15) is 4.79 Å². The largest absolute Gasteiger partial charge is 0.423 e. The van der Waals surface area contributed by atoms with Gasteiger partial charge in [-0.1, -0.05) is 51.0 Å². The van der Waals surface area contributed by atoms with Crippen LogP contribution in [-0.2, 0) is 11.2 Å². The first-order valence-corrected chi connectivity index (χ1v) is 6.60. The predicted octanol–water partition coefficient (Wildman–Crippen LogP) is 4.29. The number of hydrogen-bond donors (Lipinski definition) is 0. The number of rotatable bonds is 7. The fourth-order valence-electron chi connectivity index (χ4n) is 1.74. The molecule has 1 aromatic carbocycles. The topological polar surface area (TPSA) is 26.3 Å². The smallest absolute Gasteiger partial charge is 0.338 e. The summed E-state index contributed by atoms with van der Waals surface area (Å²) in [7, 11) is 0. The Morgan fingerprint density at radius 2 is 1.94 bits per heavy atom. The van der Waals surface area contributed by atoms with Crippen LogP contribution in [0.1, 0.15) is 45.1 Å². The third kappa shape index (κ3) is 4.74. The zero-order chi connectivity index (χ0) is 13.4. The molecule has 0 amide bonds.